The minimum atomic E-state index is 0. The van der Waals surface area contributed by atoms with Crippen molar-refractivity contribution in [2.24, 2.45) is 0 Å². The summed E-state index contributed by atoms with van der Waals surface area (Å²) >= 11 is 2.94. The van der Waals surface area contributed by atoms with Gasteiger partial charge in [0, 0.05) is 0 Å². The summed E-state index contributed by atoms with van der Waals surface area (Å²) in [4.78, 5) is 0. The summed E-state index contributed by atoms with van der Waals surface area (Å²) in [5, 5.41) is 0. The highest BCUT2D eigenvalue weighted by atomic mass is 79.9. The predicted molar refractivity (Wildman–Crippen MR) is 117 cm³/mol. The minimum absolute atomic E-state index is 0. The van der Waals surface area contributed by atoms with E-state index in [4.69, 9.17) is 0 Å². The van der Waals surface area contributed by atoms with Gasteiger partial charge in [-0.1, -0.05) is 113 Å². The molecule has 0 unspecified atom stereocenters. The van der Waals surface area contributed by atoms with E-state index in [9.17, 15) is 0 Å². The Bertz CT molecular complexity index is 215. The number of rotatable bonds is 17. The van der Waals surface area contributed by atoms with E-state index in [2.05, 4.69) is 44.0 Å². The Kier molecular flexibility index (Phi) is 30.5. The Balaban J connectivity index is -0.00000155. The molecule has 0 aliphatic carbocycles. The number of quaternary nitrogens is 1. The molecule has 0 aromatic carbocycles. The molecule has 0 spiro atoms. The van der Waals surface area contributed by atoms with E-state index in [1.807, 2.05) is 5.83 Å². The van der Waals surface area contributed by atoms with Crippen LogP contribution in [0, 0.1) is 0 Å². The second-order valence-corrected chi connectivity index (χ2v) is 8.32. The first kappa shape index (κ1) is 30.6. The maximum Gasteiger partial charge on any atom is 0.0780 e. The fourth-order valence-electron chi connectivity index (χ4n) is 3.13. The molecule has 0 aromatic rings. The Hall–Kier alpha value is 0.920. The molecule has 0 aliphatic heterocycles. The molecule has 0 atom stereocenters. The summed E-state index contributed by atoms with van der Waals surface area (Å²) in [7, 11) is 6.89. The van der Waals surface area contributed by atoms with Gasteiger partial charge in [-0.2, -0.15) is 0 Å². The zero-order valence-corrected chi connectivity index (χ0v) is 21.4. The van der Waals surface area contributed by atoms with Crippen molar-refractivity contribution >= 4 is 15.9 Å². The molecule has 156 valence electrons. The van der Waals surface area contributed by atoms with Crippen LogP contribution in [0.4, 0.5) is 0 Å². The lowest BCUT2D eigenvalue weighted by Crippen LogP contribution is -3.00. The van der Waals surface area contributed by atoms with Gasteiger partial charge in [0.05, 0.1) is 27.7 Å². The van der Waals surface area contributed by atoms with E-state index in [1.165, 1.54) is 109 Å². The zero-order valence-electron chi connectivity index (χ0n) is 18.2. The molecule has 0 radical (unpaired) electrons. The van der Waals surface area contributed by atoms with Gasteiger partial charge >= 0.3 is 0 Å². The van der Waals surface area contributed by atoms with E-state index in [0.29, 0.717) is 0 Å². The third-order valence-corrected chi connectivity index (χ3v) is 4.68. The van der Waals surface area contributed by atoms with Crippen LogP contribution in [-0.4, -0.2) is 38.0 Å². The number of halogens is 2. The average Bonchev–Trinajstić information content (AvgIpc) is 2.55. The summed E-state index contributed by atoms with van der Waals surface area (Å²) in [6, 6.07) is 0. The maximum atomic E-state index is 2.94. The Labute approximate surface area is 180 Å². The standard InChI is InChI=1S/C21H46N.CH3Br.BrH/c1-5-6-7-8-9-10-11-12-13-14-15-16-17-18-19-20-21-22(2,3)4;1-2;/h5-21H2,1-4H3;1H3;1H/q+1;;/p-1. The van der Waals surface area contributed by atoms with Gasteiger partial charge < -0.3 is 21.5 Å². The molecule has 0 saturated heterocycles. The quantitative estimate of drug-likeness (QED) is 0.154. The largest absolute Gasteiger partial charge is 1.00 e. The third kappa shape index (κ3) is 33.0. The SMILES string of the molecule is CBr.CCCCCCCCCCCCCCCCCC[N+](C)(C)C.[Br-]. The average molecular weight is 487 g/mol. The van der Waals surface area contributed by atoms with E-state index >= 15 is 0 Å². The third-order valence-electron chi connectivity index (χ3n) is 4.68. The molecule has 0 aliphatic rings. The van der Waals surface area contributed by atoms with Crippen LogP contribution in [0.3, 0.4) is 0 Å². The van der Waals surface area contributed by atoms with Crippen LogP contribution in [0.25, 0.3) is 0 Å². The molecular formula is C22H49Br2N. The smallest absolute Gasteiger partial charge is 0.0780 e. The second-order valence-electron chi connectivity index (χ2n) is 8.32. The number of hydrogen-bond donors (Lipinski definition) is 0. The van der Waals surface area contributed by atoms with Crippen LogP contribution < -0.4 is 17.0 Å². The Morgan fingerprint density at radius 3 is 0.960 bits per heavy atom. The number of hydrogen-bond acceptors (Lipinski definition) is 0. The lowest BCUT2D eigenvalue weighted by atomic mass is 10.0. The molecule has 0 aromatic heterocycles. The van der Waals surface area contributed by atoms with Gasteiger partial charge in [-0.3, -0.25) is 0 Å². The van der Waals surface area contributed by atoms with Crippen molar-refractivity contribution in [1.82, 2.24) is 0 Å². The van der Waals surface area contributed by atoms with Gasteiger partial charge in [-0.05, 0) is 18.7 Å². The fourth-order valence-corrected chi connectivity index (χ4v) is 3.13. The van der Waals surface area contributed by atoms with E-state index < -0.39 is 0 Å². The first-order chi connectivity index (χ1) is 11.6. The van der Waals surface area contributed by atoms with Gasteiger partial charge in [0.2, 0.25) is 0 Å². The summed E-state index contributed by atoms with van der Waals surface area (Å²) < 4.78 is 1.12. The first-order valence-electron chi connectivity index (χ1n) is 10.7. The molecule has 25 heavy (non-hydrogen) atoms. The van der Waals surface area contributed by atoms with E-state index in [0.717, 1.165) is 4.48 Å². The lowest BCUT2D eigenvalue weighted by Gasteiger charge is -2.23. The van der Waals surface area contributed by atoms with Crippen LogP contribution in [0.2, 0.25) is 0 Å². The molecule has 0 bridgehead atoms. The van der Waals surface area contributed by atoms with Crippen LogP contribution in [0.15, 0.2) is 0 Å². The van der Waals surface area contributed by atoms with Crippen LogP contribution in [0.1, 0.15) is 110 Å². The van der Waals surface area contributed by atoms with Gasteiger partial charge in [0.25, 0.3) is 0 Å². The first-order valence-corrected chi connectivity index (χ1v) is 12.3. The molecule has 0 fully saturated rings. The molecule has 1 nitrogen and oxygen atoms in total. The van der Waals surface area contributed by atoms with Crippen LogP contribution >= 0.6 is 15.9 Å². The fraction of sp³-hybridized carbons (Fsp3) is 1.00. The van der Waals surface area contributed by atoms with Gasteiger partial charge in [0.1, 0.15) is 0 Å². The highest BCUT2D eigenvalue weighted by Gasteiger charge is 2.04. The van der Waals surface area contributed by atoms with E-state index in [1.54, 1.807) is 0 Å². The summed E-state index contributed by atoms with van der Waals surface area (Å²) in [6.07, 6.45) is 23.4. The zero-order chi connectivity index (χ0) is 18.5. The van der Waals surface area contributed by atoms with Crippen molar-refractivity contribution in [2.45, 2.75) is 110 Å². The number of unbranched alkanes of at least 4 members (excludes halogenated alkanes) is 15. The van der Waals surface area contributed by atoms with Crippen LogP contribution in [0.5, 0.6) is 0 Å². The van der Waals surface area contributed by atoms with Crippen molar-refractivity contribution in [3.05, 3.63) is 0 Å². The van der Waals surface area contributed by atoms with Gasteiger partial charge in [0.15, 0.2) is 0 Å². The second kappa shape index (κ2) is 24.9. The van der Waals surface area contributed by atoms with Crippen molar-refractivity contribution < 1.29 is 21.5 Å². The van der Waals surface area contributed by atoms with Gasteiger partial charge in [-0.25, -0.2) is 0 Å². The molecule has 0 heterocycles. The van der Waals surface area contributed by atoms with Crippen molar-refractivity contribution in [1.29, 1.82) is 0 Å². The number of alkyl halides is 1. The normalized spacial score (nSPS) is 10.8. The Morgan fingerprint density at radius 2 is 0.720 bits per heavy atom. The van der Waals surface area contributed by atoms with Crippen molar-refractivity contribution in [3.63, 3.8) is 0 Å². The minimum Gasteiger partial charge on any atom is -1.00 e. The highest BCUT2D eigenvalue weighted by molar-refractivity contribution is 9.08. The Morgan fingerprint density at radius 1 is 0.480 bits per heavy atom. The van der Waals surface area contributed by atoms with E-state index in [-0.39, 0.29) is 17.0 Å². The summed E-state index contributed by atoms with van der Waals surface area (Å²) in [5.41, 5.74) is 0. The summed E-state index contributed by atoms with van der Waals surface area (Å²) in [6.45, 7) is 3.63. The predicted octanol–water partition coefficient (Wildman–Crippen LogP) is 4.97. The highest BCUT2D eigenvalue weighted by Crippen LogP contribution is 2.13. The molecule has 0 amide bonds. The molecule has 3 heteroatoms. The van der Waals surface area contributed by atoms with Crippen molar-refractivity contribution in [2.75, 3.05) is 33.5 Å². The molecular weight excluding hydrogens is 438 g/mol. The molecule has 0 N–H and O–H groups in total. The molecule has 0 rings (SSSR count). The topological polar surface area (TPSA) is 0 Å². The maximum absolute atomic E-state index is 2.94. The van der Waals surface area contributed by atoms with Gasteiger partial charge in [-0.15, -0.1) is 0 Å². The summed E-state index contributed by atoms with van der Waals surface area (Å²) in [5.74, 6) is 1.81. The van der Waals surface area contributed by atoms with Crippen LogP contribution in [-0.2, 0) is 0 Å². The monoisotopic (exact) mass is 485 g/mol. The molecule has 0 saturated carbocycles. The number of nitrogens with zero attached hydrogens (tertiary/aromatic N) is 1. The van der Waals surface area contributed by atoms with Crippen molar-refractivity contribution in [3.8, 4) is 0 Å². The lowest BCUT2D eigenvalue weighted by molar-refractivity contribution is -0.870.